The molecule has 0 saturated carbocycles. The average molecular weight is 569 g/mol. The molecule has 1 aromatic carbocycles. The van der Waals surface area contributed by atoms with E-state index in [1.165, 1.54) is 35.1 Å². The number of nitrogens with zero attached hydrogens (tertiary/aromatic N) is 6. The summed E-state index contributed by atoms with van der Waals surface area (Å²) in [7, 11) is 0. The number of carbonyl (C=O) groups is 1. The molecule has 2 aromatic heterocycles. The molecule has 4 rings (SSSR count). The molecule has 1 aliphatic heterocycles. The van der Waals surface area contributed by atoms with Crippen LogP contribution in [-0.4, -0.2) is 80.7 Å². The highest BCUT2D eigenvalue weighted by molar-refractivity contribution is 6.30. The summed E-state index contributed by atoms with van der Waals surface area (Å²) in [5, 5.41) is 13.5. The molecule has 0 amide bonds. The molecule has 1 fully saturated rings. The highest BCUT2D eigenvalue weighted by Gasteiger charge is 2.45. The molecule has 0 spiro atoms. The molecule has 3 aromatic rings. The summed E-state index contributed by atoms with van der Waals surface area (Å²) in [6.45, 7) is 3.90. The molecule has 11 nitrogen and oxygen atoms in total. The van der Waals surface area contributed by atoms with Gasteiger partial charge in [-0.05, 0) is 38.1 Å². The van der Waals surface area contributed by atoms with Crippen molar-refractivity contribution in [3.8, 4) is 11.6 Å². The van der Waals surface area contributed by atoms with Gasteiger partial charge in [0.15, 0.2) is 0 Å². The molecule has 5 N–H and O–H groups in total. The van der Waals surface area contributed by atoms with E-state index in [-0.39, 0.29) is 34.6 Å². The minimum atomic E-state index is -4.82. The lowest BCUT2D eigenvalue weighted by molar-refractivity contribution is -0.198. The number of carboxylic acids is 1. The number of anilines is 2. The summed E-state index contributed by atoms with van der Waals surface area (Å²) in [6.07, 6.45) is -5.05. The molecule has 0 bridgehead atoms. The zero-order chi connectivity index (χ0) is 28.3. The summed E-state index contributed by atoms with van der Waals surface area (Å²) in [5.41, 5.74) is 12.0. The first-order valence-electron chi connectivity index (χ1n) is 12.1. The van der Waals surface area contributed by atoms with E-state index in [9.17, 15) is 18.0 Å². The number of aromatic nitrogens is 4. The first-order valence-corrected chi connectivity index (χ1v) is 12.4. The maximum absolute atomic E-state index is 14.4. The number of nitrogens with two attached hydrogens (primary N) is 2. The summed E-state index contributed by atoms with van der Waals surface area (Å²) >= 11 is 6.10. The van der Waals surface area contributed by atoms with Crippen LogP contribution in [0.15, 0.2) is 36.5 Å². The van der Waals surface area contributed by atoms with Crippen LogP contribution in [0.4, 0.5) is 24.9 Å². The van der Waals surface area contributed by atoms with Crippen LogP contribution < -0.4 is 21.1 Å². The molecule has 0 radical (unpaired) electrons. The van der Waals surface area contributed by atoms with Gasteiger partial charge in [0.1, 0.15) is 11.9 Å². The molecule has 39 heavy (non-hydrogen) atoms. The van der Waals surface area contributed by atoms with E-state index in [4.69, 9.17) is 32.9 Å². The Hall–Kier alpha value is -3.62. The lowest BCUT2D eigenvalue weighted by atomic mass is 10.1. The third-order valence-corrected chi connectivity index (χ3v) is 6.41. The first-order chi connectivity index (χ1) is 18.4. The molecule has 1 aliphatic rings. The van der Waals surface area contributed by atoms with Gasteiger partial charge < -0.3 is 26.2 Å². The Balaban J connectivity index is 1.61. The van der Waals surface area contributed by atoms with Gasteiger partial charge in [0.2, 0.25) is 17.9 Å². The van der Waals surface area contributed by atoms with Crippen LogP contribution in [0.3, 0.4) is 0 Å². The zero-order valence-electron chi connectivity index (χ0n) is 21.0. The number of benzene rings is 1. The van der Waals surface area contributed by atoms with Gasteiger partial charge in [0.25, 0.3) is 0 Å². The number of aliphatic carboxylic acids is 1. The fourth-order valence-corrected chi connectivity index (χ4v) is 4.47. The smallest absolute Gasteiger partial charge is 0.429 e. The molecule has 2 atom stereocenters. The van der Waals surface area contributed by atoms with Crippen molar-refractivity contribution >= 4 is 29.3 Å². The van der Waals surface area contributed by atoms with Crippen LogP contribution in [0, 0.1) is 6.92 Å². The Morgan fingerprint density at radius 1 is 1.18 bits per heavy atom. The molecule has 1 saturated heterocycles. The minimum absolute atomic E-state index is 0.104. The van der Waals surface area contributed by atoms with Crippen LogP contribution in [0.5, 0.6) is 5.88 Å². The predicted octanol–water partition coefficient (Wildman–Crippen LogP) is 2.81. The highest BCUT2D eigenvalue weighted by atomic mass is 35.5. The van der Waals surface area contributed by atoms with Crippen molar-refractivity contribution in [2.45, 2.75) is 31.7 Å². The zero-order valence-corrected chi connectivity index (χ0v) is 21.7. The van der Waals surface area contributed by atoms with Crippen molar-refractivity contribution in [3.63, 3.8) is 0 Å². The molecule has 15 heteroatoms. The first kappa shape index (κ1) is 28.4. The van der Waals surface area contributed by atoms with Crippen LogP contribution in [-0.2, 0) is 4.79 Å². The number of halogens is 4. The van der Waals surface area contributed by atoms with Gasteiger partial charge in [-0.2, -0.15) is 28.2 Å². The van der Waals surface area contributed by atoms with Crippen LogP contribution in [0.2, 0.25) is 5.02 Å². The third kappa shape index (κ3) is 7.07. The van der Waals surface area contributed by atoms with Crippen molar-refractivity contribution in [2.24, 2.45) is 5.73 Å². The lowest BCUT2D eigenvalue weighted by Gasteiger charge is -2.26. The van der Waals surface area contributed by atoms with Crippen molar-refractivity contribution in [1.82, 2.24) is 24.6 Å². The summed E-state index contributed by atoms with van der Waals surface area (Å²) in [6, 6.07) is 5.91. The van der Waals surface area contributed by atoms with E-state index in [1.807, 2.05) is 9.80 Å². The number of alkyl halides is 3. The van der Waals surface area contributed by atoms with E-state index < -0.39 is 24.3 Å². The van der Waals surface area contributed by atoms with Gasteiger partial charge in [-0.25, -0.2) is 4.68 Å². The second kappa shape index (κ2) is 11.6. The van der Waals surface area contributed by atoms with E-state index in [1.54, 1.807) is 13.0 Å². The number of nitrogen functional groups attached to an aromatic ring is 1. The van der Waals surface area contributed by atoms with Crippen molar-refractivity contribution in [1.29, 1.82) is 0 Å². The second-order valence-corrected chi connectivity index (χ2v) is 9.59. The Morgan fingerprint density at radius 3 is 2.62 bits per heavy atom. The summed E-state index contributed by atoms with van der Waals surface area (Å²) in [5.74, 6) is -1.41. The van der Waals surface area contributed by atoms with Crippen molar-refractivity contribution < 1.29 is 27.8 Å². The SMILES string of the molecule is Cc1ccn(-c2cc(Cl)ccc2[C@@H](Oc2cc(N3CCCN(C[C@H](N)C(=O)O)CC3)nc(N)n2)C(F)(F)F)n1. The minimum Gasteiger partial charge on any atom is -0.480 e. The van der Waals surface area contributed by atoms with E-state index in [0.29, 0.717) is 44.1 Å². The number of aryl methyl sites for hydroxylation is 1. The van der Waals surface area contributed by atoms with E-state index >= 15 is 0 Å². The Bertz CT molecular complexity index is 1320. The van der Waals surface area contributed by atoms with Crippen molar-refractivity contribution in [2.75, 3.05) is 43.4 Å². The number of rotatable bonds is 8. The van der Waals surface area contributed by atoms with Crippen LogP contribution in [0.1, 0.15) is 23.8 Å². The van der Waals surface area contributed by atoms with Gasteiger partial charge in [-0.3, -0.25) is 9.69 Å². The normalized spacial score (nSPS) is 16.5. The summed E-state index contributed by atoms with van der Waals surface area (Å²) < 4.78 is 49.9. The number of carboxylic acid groups (broad SMARTS) is 1. The molecule has 3 heterocycles. The fraction of sp³-hybridized carbons (Fsp3) is 0.417. The molecule has 210 valence electrons. The molecular weight excluding hydrogens is 541 g/mol. The van der Waals surface area contributed by atoms with Gasteiger partial charge in [-0.1, -0.05) is 17.7 Å². The largest absolute Gasteiger partial charge is 0.480 e. The van der Waals surface area contributed by atoms with Crippen molar-refractivity contribution in [3.05, 3.63) is 52.8 Å². The Morgan fingerprint density at radius 2 is 1.95 bits per heavy atom. The van der Waals surface area contributed by atoms with E-state index in [0.717, 1.165) is 0 Å². The van der Waals surface area contributed by atoms with Crippen LogP contribution >= 0.6 is 11.6 Å². The number of ether oxygens (including phenoxy) is 1. The maximum Gasteiger partial charge on any atom is 0.429 e. The number of hydrogen-bond acceptors (Lipinski definition) is 9. The van der Waals surface area contributed by atoms with Gasteiger partial charge in [0.05, 0.1) is 11.4 Å². The molecule has 0 aliphatic carbocycles. The lowest BCUT2D eigenvalue weighted by Crippen LogP contribution is -2.44. The summed E-state index contributed by atoms with van der Waals surface area (Å²) in [4.78, 5) is 23.0. The highest BCUT2D eigenvalue weighted by Crippen LogP contribution is 2.40. The van der Waals surface area contributed by atoms with Gasteiger partial charge in [0, 0.05) is 49.0 Å². The van der Waals surface area contributed by atoms with Gasteiger partial charge in [-0.15, -0.1) is 0 Å². The fourth-order valence-electron chi connectivity index (χ4n) is 4.31. The predicted molar refractivity (Wildman–Crippen MR) is 138 cm³/mol. The van der Waals surface area contributed by atoms with E-state index in [2.05, 4.69) is 15.1 Å². The third-order valence-electron chi connectivity index (χ3n) is 6.17. The Labute approximate surface area is 227 Å². The topological polar surface area (TPSA) is 149 Å². The second-order valence-electron chi connectivity index (χ2n) is 9.15. The maximum atomic E-state index is 14.4. The Kier molecular flexibility index (Phi) is 8.47. The molecular formula is C24H28ClF3N8O3. The van der Waals surface area contributed by atoms with Crippen LogP contribution in [0.25, 0.3) is 5.69 Å². The quantitative estimate of drug-likeness (QED) is 0.370. The standard InChI is InChI=1S/C24H28ClF3N8O3/c1-14-5-8-36(33-14)18-11-15(25)3-4-16(18)21(24(26,27)28)39-20-12-19(31-23(30)32-20)35-7-2-6-34(9-10-35)13-17(29)22(37)38/h3-5,8,11-12,17,21H,2,6-7,9-10,13,29H2,1H3,(H,37,38)(H2,30,31,32)/t17-,21+/m0/s1. The number of hydrogen-bond donors (Lipinski definition) is 3. The average Bonchev–Trinajstić information content (AvgIpc) is 3.15. The monoisotopic (exact) mass is 568 g/mol. The molecule has 0 unspecified atom stereocenters. The van der Waals surface area contributed by atoms with Gasteiger partial charge >= 0.3 is 12.1 Å².